The molecule has 2 aromatic carbocycles. The molecule has 0 spiro atoms. The second kappa shape index (κ2) is 11.9. The highest BCUT2D eigenvalue weighted by Crippen LogP contribution is 2.35. The second-order valence-corrected chi connectivity index (χ2v) is 9.45. The highest BCUT2D eigenvalue weighted by Gasteiger charge is 2.24. The first-order chi connectivity index (χ1) is 19.0. The fourth-order valence-corrected chi connectivity index (χ4v) is 4.52. The highest BCUT2D eigenvalue weighted by atomic mass is 16.5. The van der Waals surface area contributed by atoms with Gasteiger partial charge in [-0.05, 0) is 42.8 Å². The maximum atomic E-state index is 13.0. The summed E-state index contributed by atoms with van der Waals surface area (Å²) in [5.41, 5.74) is 1.72. The Kier molecular flexibility index (Phi) is 7.99. The molecule has 0 radical (unpaired) electrons. The lowest BCUT2D eigenvalue weighted by Crippen LogP contribution is -2.49. The van der Waals surface area contributed by atoms with Crippen molar-refractivity contribution in [1.82, 2.24) is 35.1 Å². The number of rotatable bonds is 10. The van der Waals surface area contributed by atoms with Crippen LogP contribution < -0.4 is 19.1 Å². The molecule has 4 aromatic rings. The zero-order chi connectivity index (χ0) is 27.2. The number of ether oxygens (including phenoxy) is 3. The lowest BCUT2D eigenvalue weighted by molar-refractivity contribution is -0.130. The summed E-state index contributed by atoms with van der Waals surface area (Å²) < 4.78 is 17.2. The Morgan fingerprint density at radius 1 is 1.00 bits per heavy atom. The van der Waals surface area contributed by atoms with Crippen molar-refractivity contribution in [3.05, 3.63) is 54.6 Å². The van der Waals surface area contributed by atoms with E-state index < -0.39 is 0 Å². The molecule has 1 aliphatic heterocycles. The first-order valence-corrected chi connectivity index (χ1v) is 12.9. The van der Waals surface area contributed by atoms with Crippen LogP contribution >= 0.6 is 0 Å². The maximum absolute atomic E-state index is 13.0. The number of hydrogen-bond donors (Lipinski definition) is 0. The number of tetrazole rings is 1. The molecule has 0 N–H and O–H groups in total. The van der Waals surface area contributed by atoms with Crippen LogP contribution in [0.1, 0.15) is 19.4 Å². The Balaban J connectivity index is 1.22. The van der Waals surface area contributed by atoms with E-state index in [1.54, 1.807) is 13.4 Å². The third-order valence-corrected chi connectivity index (χ3v) is 6.42. The summed E-state index contributed by atoms with van der Waals surface area (Å²) in [5.74, 6) is 2.90. The van der Waals surface area contributed by atoms with Crippen molar-refractivity contribution in [2.45, 2.75) is 32.9 Å². The Hall–Kier alpha value is -4.48. The van der Waals surface area contributed by atoms with Gasteiger partial charge in [0.1, 0.15) is 24.5 Å². The minimum Gasteiger partial charge on any atom is -0.493 e. The minimum atomic E-state index is 0.115. The Morgan fingerprint density at radius 2 is 1.79 bits per heavy atom. The van der Waals surface area contributed by atoms with Gasteiger partial charge < -0.3 is 24.0 Å². The molecule has 12 heteroatoms. The molecule has 0 bridgehead atoms. The summed E-state index contributed by atoms with van der Waals surface area (Å²) in [6.07, 6.45) is 3.42. The van der Waals surface area contributed by atoms with Crippen molar-refractivity contribution in [3.8, 4) is 17.2 Å². The molecule has 1 fully saturated rings. The number of piperazine rings is 1. The number of nitrogens with zero attached hydrogens (tertiary/aromatic N) is 8. The molecule has 2 aromatic heterocycles. The zero-order valence-electron chi connectivity index (χ0n) is 22.4. The van der Waals surface area contributed by atoms with Gasteiger partial charge >= 0.3 is 0 Å². The van der Waals surface area contributed by atoms with Crippen LogP contribution in [0.2, 0.25) is 0 Å². The molecule has 1 saturated heterocycles. The largest absolute Gasteiger partial charge is 0.493 e. The lowest BCUT2D eigenvalue weighted by atomic mass is 10.1. The summed E-state index contributed by atoms with van der Waals surface area (Å²) >= 11 is 0. The van der Waals surface area contributed by atoms with Gasteiger partial charge in [-0.1, -0.05) is 12.1 Å². The molecule has 0 saturated carbocycles. The summed E-state index contributed by atoms with van der Waals surface area (Å²) in [4.78, 5) is 27.6. The first kappa shape index (κ1) is 26.1. The molecule has 5 rings (SSSR count). The maximum Gasteiger partial charge on any atom is 0.227 e. The van der Waals surface area contributed by atoms with E-state index in [1.165, 1.54) is 11.1 Å². The van der Waals surface area contributed by atoms with Crippen molar-refractivity contribution in [2.24, 2.45) is 0 Å². The normalized spacial score (nSPS) is 13.6. The van der Waals surface area contributed by atoms with E-state index in [4.69, 9.17) is 14.2 Å². The van der Waals surface area contributed by atoms with E-state index in [2.05, 4.69) is 30.3 Å². The zero-order valence-corrected chi connectivity index (χ0v) is 22.4. The van der Waals surface area contributed by atoms with Gasteiger partial charge in [0.05, 0.1) is 31.7 Å². The molecule has 12 nitrogen and oxygen atoms in total. The van der Waals surface area contributed by atoms with Crippen LogP contribution in [0, 0.1) is 0 Å². The monoisotopic (exact) mass is 532 g/mol. The minimum absolute atomic E-state index is 0.115. The van der Waals surface area contributed by atoms with Gasteiger partial charge in [-0.2, -0.15) is 4.80 Å². The number of methoxy groups -OCH3 is 1. The van der Waals surface area contributed by atoms with Gasteiger partial charge in [0.2, 0.25) is 5.91 Å². The summed E-state index contributed by atoms with van der Waals surface area (Å²) in [6, 6.07) is 11.5. The van der Waals surface area contributed by atoms with Gasteiger partial charge in [0.15, 0.2) is 17.8 Å². The van der Waals surface area contributed by atoms with Crippen molar-refractivity contribution < 1.29 is 19.0 Å². The van der Waals surface area contributed by atoms with E-state index in [-0.39, 0.29) is 12.0 Å². The van der Waals surface area contributed by atoms with Crippen molar-refractivity contribution in [3.63, 3.8) is 0 Å². The summed E-state index contributed by atoms with van der Waals surface area (Å²) in [7, 11) is 1.60. The molecule has 0 atom stereocenters. The summed E-state index contributed by atoms with van der Waals surface area (Å²) in [6.45, 7) is 7.37. The number of carbonyl (C=O) groups excluding carboxylic acids is 1. The average molecular weight is 533 g/mol. The predicted octanol–water partition coefficient (Wildman–Crippen LogP) is 2.38. The number of benzene rings is 2. The first-order valence-electron chi connectivity index (χ1n) is 12.9. The third-order valence-electron chi connectivity index (χ3n) is 6.42. The van der Waals surface area contributed by atoms with Gasteiger partial charge in [-0.15, -0.1) is 10.2 Å². The third kappa shape index (κ3) is 6.33. The van der Waals surface area contributed by atoms with Crippen LogP contribution in [0.3, 0.4) is 0 Å². The van der Waals surface area contributed by atoms with Gasteiger partial charge in [-0.3, -0.25) is 4.79 Å². The molecule has 0 unspecified atom stereocenters. The molecule has 39 heavy (non-hydrogen) atoms. The van der Waals surface area contributed by atoms with E-state index in [9.17, 15) is 4.79 Å². The van der Waals surface area contributed by atoms with Gasteiger partial charge in [0, 0.05) is 37.6 Å². The Morgan fingerprint density at radius 3 is 2.49 bits per heavy atom. The standard InChI is InChI=1S/C27H32N8O4/c1-19(2)39-21-6-4-20(5-7-21)14-26(36)33-8-10-34(11-9-33)27-22-15-24(37-3)25(16-23(22)28-17-29-27)38-13-12-35-31-18-30-32-35/h4-7,15-19H,8-14H2,1-3H3. The van der Waals surface area contributed by atoms with Crippen LogP contribution in [0.4, 0.5) is 5.82 Å². The SMILES string of the molecule is COc1cc2c(N3CCN(C(=O)Cc4ccc(OC(C)C)cc4)CC3)ncnc2cc1OCCn1ncnn1. The second-order valence-electron chi connectivity index (χ2n) is 9.45. The molecular weight excluding hydrogens is 500 g/mol. The molecule has 1 aliphatic rings. The number of anilines is 1. The fourth-order valence-electron chi connectivity index (χ4n) is 4.52. The van der Waals surface area contributed by atoms with Gasteiger partial charge in [0.25, 0.3) is 0 Å². The number of fused-ring (bicyclic) bond motifs is 1. The Bertz CT molecular complexity index is 1390. The summed E-state index contributed by atoms with van der Waals surface area (Å²) in [5, 5.41) is 12.4. The number of carbonyl (C=O) groups is 1. The van der Waals surface area contributed by atoms with Crippen molar-refractivity contribution in [1.29, 1.82) is 0 Å². The van der Waals surface area contributed by atoms with Crippen LogP contribution in [0.25, 0.3) is 10.9 Å². The van der Waals surface area contributed by atoms with Crippen LogP contribution in [0.5, 0.6) is 17.2 Å². The molecule has 1 amide bonds. The fraction of sp³-hybridized carbons (Fsp3) is 0.407. The molecule has 204 valence electrons. The lowest BCUT2D eigenvalue weighted by Gasteiger charge is -2.36. The van der Waals surface area contributed by atoms with E-state index >= 15 is 0 Å². The molecule has 0 aliphatic carbocycles. The number of aromatic nitrogens is 6. The van der Waals surface area contributed by atoms with E-state index in [0.717, 1.165) is 28.0 Å². The number of hydrogen-bond acceptors (Lipinski definition) is 10. The topological polar surface area (TPSA) is 121 Å². The van der Waals surface area contributed by atoms with E-state index in [0.29, 0.717) is 57.3 Å². The average Bonchev–Trinajstić information content (AvgIpc) is 3.47. The number of amides is 1. The Labute approximate surface area is 226 Å². The predicted molar refractivity (Wildman–Crippen MR) is 144 cm³/mol. The van der Waals surface area contributed by atoms with Crippen LogP contribution in [0.15, 0.2) is 49.1 Å². The molecular formula is C27H32N8O4. The van der Waals surface area contributed by atoms with Gasteiger partial charge in [-0.25, -0.2) is 9.97 Å². The van der Waals surface area contributed by atoms with Crippen molar-refractivity contribution in [2.75, 3.05) is 44.8 Å². The van der Waals surface area contributed by atoms with E-state index in [1.807, 2.05) is 55.1 Å². The van der Waals surface area contributed by atoms with Crippen molar-refractivity contribution >= 4 is 22.6 Å². The quantitative estimate of drug-likeness (QED) is 0.301. The molecule has 3 heterocycles. The smallest absolute Gasteiger partial charge is 0.227 e. The van der Waals surface area contributed by atoms with Crippen LogP contribution in [-0.2, 0) is 17.8 Å². The van der Waals surface area contributed by atoms with Crippen LogP contribution in [-0.4, -0.2) is 87.0 Å². The highest BCUT2D eigenvalue weighted by molar-refractivity contribution is 5.92.